The van der Waals surface area contributed by atoms with Crippen LogP contribution in [0.5, 0.6) is 0 Å². The lowest BCUT2D eigenvalue weighted by Gasteiger charge is -2.38. The normalized spacial score (nSPS) is 11.9. The van der Waals surface area contributed by atoms with Crippen molar-refractivity contribution < 1.29 is 0 Å². The Balaban J connectivity index is 4.62. The fourth-order valence-corrected chi connectivity index (χ4v) is 2.72. The molecular weight excluding hydrogens is 188 g/mol. The maximum Gasteiger partial charge on any atom is 0.0796 e. The van der Waals surface area contributed by atoms with Gasteiger partial charge in [-0.25, -0.2) is 0 Å². The fourth-order valence-electron chi connectivity index (χ4n) is 1.99. The summed E-state index contributed by atoms with van der Waals surface area (Å²) < 4.78 is 0. The Morgan fingerprint density at radius 1 is 1.00 bits per heavy atom. The summed E-state index contributed by atoms with van der Waals surface area (Å²) in [5.41, 5.74) is 0. The molecule has 2 nitrogen and oxygen atoms in total. The average Bonchev–Trinajstić information content (AvgIpc) is 2.18. The molecular formula is C11H26N2Si. The molecule has 0 aromatic carbocycles. The van der Waals surface area contributed by atoms with E-state index in [9.17, 15) is 0 Å². The van der Waals surface area contributed by atoms with Crippen molar-refractivity contribution in [2.24, 2.45) is 0 Å². The van der Waals surface area contributed by atoms with Crippen LogP contribution in [0.4, 0.5) is 0 Å². The van der Waals surface area contributed by atoms with Crippen molar-refractivity contribution in [3.63, 3.8) is 0 Å². The highest BCUT2D eigenvalue weighted by Gasteiger charge is 2.21. The molecule has 0 bridgehead atoms. The number of rotatable bonds is 7. The maximum atomic E-state index is 4.17. The van der Waals surface area contributed by atoms with Crippen LogP contribution in [0.15, 0.2) is 11.8 Å². The molecule has 0 atom stereocenters. The van der Waals surface area contributed by atoms with Crippen molar-refractivity contribution in [2.45, 2.75) is 33.9 Å². The third-order valence-electron chi connectivity index (χ3n) is 2.76. The molecule has 3 heteroatoms. The minimum atomic E-state index is 0.478. The fraction of sp³-hybridized carbons (Fsp3) is 0.818. The third kappa shape index (κ3) is 3.56. The quantitative estimate of drug-likeness (QED) is 0.458. The van der Waals surface area contributed by atoms with Gasteiger partial charge in [-0.15, -0.1) is 6.58 Å². The molecule has 0 aliphatic rings. The van der Waals surface area contributed by atoms with E-state index in [-0.39, 0.29) is 0 Å². The van der Waals surface area contributed by atoms with Crippen LogP contribution >= 0.6 is 0 Å². The van der Waals surface area contributed by atoms with E-state index < -0.39 is 0 Å². The zero-order valence-electron chi connectivity index (χ0n) is 10.5. The molecule has 0 N–H and O–H groups in total. The first-order valence-corrected chi connectivity index (χ1v) is 6.75. The minimum Gasteiger partial charge on any atom is -0.285 e. The van der Waals surface area contributed by atoms with Gasteiger partial charge >= 0.3 is 0 Å². The predicted molar refractivity (Wildman–Crippen MR) is 68.7 cm³/mol. The van der Waals surface area contributed by atoms with E-state index in [1.54, 1.807) is 0 Å². The molecule has 0 aliphatic heterocycles. The Bertz CT molecular complexity index is 151. The first kappa shape index (κ1) is 13.9. The van der Waals surface area contributed by atoms with Gasteiger partial charge in [-0.05, 0) is 26.2 Å². The Labute approximate surface area is 92.4 Å². The summed E-state index contributed by atoms with van der Waals surface area (Å²) in [6, 6.07) is 0. The molecule has 0 spiro atoms. The summed E-state index contributed by atoms with van der Waals surface area (Å²) in [4.78, 5) is 4.98. The van der Waals surface area contributed by atoms with Crippen molar-refractivity contribution in [3.05, 3.63) is 11.8 Å². The molecule has 0 saturated carbocycles. The van der Waals surface area contributed by atoms with E-state index in [2.05, 4.69) is 44.1 Å². The van der Waals surface area contributed by atoms with E-state index in [4.69, 9.17) is 0 Å². The summed E-state index contributed by atoms with van der Waals surface area (Å²) in [5, 5.41) is 1.39. The highest BCUT2D eigenvalue weighted by molar-refractivity contribution is 6.21. The van der Waals surface area contributed by atoms with Crippen LogP contribution in [0.1, 0.15) is 27.7 Å². The first-order valence-electron chi connectivity index (χ1n) is 5.75. The molecule has 0 unspecified atom stereocenters. The van der Waals surface area contributed by atoms with Gasteiger partial charge in [0.15, 0.2) is 0 Å². The maximum absolute atomic E-state index is 4.17. The van der Waals surface area contributed by atoms with Gasteiger partial charge in [0.05, 0.1) is 6.17 Å². The zero-order valence-corrected chi connectivity index (χ0v) is 12.5. The van der Waals surface area contributed by atoms with E-state index in [1.807, 2.05) is 0 Å². The van der Waals surface area contributed by atoms with Crippen LogP contribution in [-0.2, 0) is 0 Å². The van der Waals surface area contributed by atoms with Gasteiger partial charge in [-0.3, -0.25) is 9.80 Å². The highest BCUT2D eigenvalue weighted by atomic mass is 28.1. The summed E-state index contributed by atoms with van der Waals surface area (Å²) in [6.45, 7) is 17.5. The van der Waals surface area contributed by atoms with Crippen LogP contribution in [-0.4, -0.2) is 52.4 Å². The summed E-state index contributed by atoms with van der Waals surface area (Å²) in [5.74, 6) is 0. The lowest BCUT2D eigenvalue weighted by molar-refractivity contribution is 0.0896. The van der Waals surface area contributed by atoms with E-state index in [0.29, 0.717) is 6.17 Å². The predicted octanol–water partition coefficient (Wildman–Crippen LogP) is 0.875. The SMILES string of the molecule is C=C([SiH3])C(N(CC)CC)N(CC)CC. The van der Waals surface area contributed by atoms with Gasteiger partial charge in [0.2, 0.25) is 0 Å². The molecule has 0 fully saturated rings. The summed E-state index contributed by atoms with van der Waals surface area (Å²) in [7, 11) is 1.09. The van der Waals surface area contributed by atoms with Crippen molar-refractivity contribution >= 4 is 10.2 Å². The topological polar surface area (TPSA) is 6.48 Å². The van der Waals surface area contributed by atoms with Crippen molar-refractivity contribution in [1.29, 1.82) is 0 Å². The monoisotopic (exact) mass is 214 g/mol. The second-order valence-electron chi connectivity index (χ2n) is 3.66. The van der Waals surface area contributed by atoms with E-state index in [0.717, 1.165) is 36.4 Å². The Hall–Kier alpha value is -0.123. The largest absolute Gasteiger partial charge is 0.285 e. The van der Waals surface area contributed by atoms with Gasteiger partial charge in [-0.2, -0.15) is 0 Å². The number of nitrogens with zero attached hydrogens (tertiary/aromatic N) is 2. The molecule has 0 rings (SSSR count). The minimum absolute atomic E-state index is 0.478. The highest BCUT2D eigenvalue weighted by Crippen LogP contribution is 2.11. The van der Waals surface area contributed by atoms with Crippen molar-refractivity contribution in [1.82, 2.24) is 9.80 Å². The number of hydrogen-bond donors (Lipinski definition) is 0. The van der Waals surface area contributed by atoms with Gasteiger partial charge < -0.3 is 0 Å². The van der Waals surface area contributed by atoms with Crippen LogP contribution in [0, 0.1) is 0 Å². The summed E-state index contributed by atoms with van der Waals surface area (Å²) >= 11 is 0. The second-order valence-corrected chi connectivity index (χ2v) is 4.95. The first-order chi connectivity index (χ1) is 6.62. The van der Waals surface area contributed by atoms with Gasteiger partial charge in [-0.1, -0.05) is 32.9 Å². The molecule has 14 heavy (non-hydrogen) atoms. The second kappa shape index (κ2) is 7.21. The molecule has 0 aromatic rings. The summed E-state index contributed by atoms with van der Waals surface area (Å²) in [6.07, 6.45) is 0.478. The van der Waals surface area contributed by atoms with Gasteiger partial charge in [0.1, 0.15) is 0 Å². The molecule has 0 aromatic heterocycles. The van der Waals surface area contributed by atoms with Gasteiger partial charge in [0, 0.05) is 10.2 Å². The lowest BCUT2D eigenvalue weighted by atomic mass is 10.3. The van der Waals surface area contributed by atoms with Crippen LogP contribution in [0.2, 0.25) is 0 Å². The standard InChI is InChI=1S/C11H26N2Si/c1-6-12(7-2)11(10(5)14)13(8-3)9-4/h11H,5-9H2,1-4,14H3. The molecule has 0 heterocycles. The molecule has 0 aliphatic carbocycles. The lowest BCUT2D eigenvalue weighted by Crippen LogP contribution is -2.49. The van der Waals surface area contributed by atoms with E-state index >= 15 is 0 Å². The van der Waals surface area contributed by atoms with Crippen LogP contribution in [0.25, 0.3) is 0 Å². The molecule has 0 radical (unpaired) electrons. The zero-order chi connectivity index (χ0) is 11.1. The molecule has 0 saturated heterocycles. The molecule has 0 amide bonds. The average molecular weight is 214 g/mol. The third-order valence-corrected chi connectivity index (χ3v) is 3.27. The number of likely N-dealkylation sites (N-methyl/N-ethyl adjacent to an activating group) is 2. The van der Waals surface area contributed by atoms with Crippen LogP contribution in [0.3, 0.4) is 0 Å². The Kier molecular flexibility index (Phi) is 7.14. The smallest absolute Gasteiger partial charge is 0.0796 e. The Morgan fingerprint density at radius 2 is 1.29 bits per heavy atom. The van der Waals surface area contributed by atoms with E-state index in [1.165, 1.54) is 5.20 Å². The number of hydrogen-bond acceptors (Lipinski definition) is 2. The van der Waals surface area contributed by atoms with Gasteiger partial charge in [0.25, 0.3) is 0 Å². The Morgan fingerprint density at radius 3 is 1.43 bits per heavy atom. The molecule has 84 valence electrons. The van der Waals surface area contributed by atoms with Crippen molar-refractivity contribution in [2.75, 3.05) is 26.2 Å². The van der Waals surface area contributed by atoms with Crippen molar-refractivity contribution in [3.8, 4) is 0 Å². The van der Waals surface area contributed by atoms with Crippen LogP contribution < -0.4 is 0 Å².